The Labute approximate surface area is 212 Å². The Morgan fingerprint density at radius 3 is 2.39 bits per heavy atom. The van der Waals surface area contributed by atoms with Gasteiger partial charge in [0.1, 0.15) is 23.5 Å². The van der Waals surface area contributed by atoms with Crippen molar-refractivity contribution < 1.29 is 28.2 Å². The summed E-state index contributed by atoms with van der Waals surface area (Å²) >= 11 is 0. The number of carbonyl (C=O) groups is 2. The molecular weight excluding hydrogens is 466 g/mol. The molecule has 6 nitrogen and oxygen atoms in total. The molecule has 0 aliphatic heterocycles. The average Bonchev–Trinajstić information content (AvgIpc) is 2.83. The highest BCUT2D eigenvalue weighted by Crippen LogP contribution is 2.29. The molecule has 0 bridgehead atoms. The van der Waals surface area contributed by atoms with Crippen molar-refractivity contribution in [3.8, 4) is 0 Å². The number of ether oxygens (including phenoxy) is 1. The Kier molecular flexibility index (Phi) is 11.8. The number of Topliss-reactive ketones (excluding diaryl/α,β-unsaturated/α-hetero) is 2. The molecule has 3 atom stereocenters. The lowest BCUT2D eigenvalue weighted by molar-refractivity contribution is -0.129. The van der Waals surface area contributed by atoms with Crippen LogP contribution in [0.25, 0.3) is 0 Å². The van der Waals surface area contributed by atoms with E-state index in [1.807, 2.05) is 44.2 Å². The summed E-state index contributed by atoms with van der Waals surface area (Å²) in [5.74, 6) is -1.53. The summed E-state index contributed by atoms with van der Waals surface area (Å²) in [4.78, 5) is 24.8. The van der Waals surface area contributed by atoms with E-state index in [0.717, 1.165) is 23.8 Å². The van der Waals surface area contributed by atoms with Gasteiger partial charge in [0.25, 0.3) is 0 Å². The van der Waals surface area contributed by atoms with Gasteiger partial charge in [-0.2, -0.15) is 0 Å². The molecular formula is C28H38F2N2O4. The number of benzene rings is 2. The molecule has 0 aliphatic carbocycles. The highest BCUT2D eigenvalue weighted by molar-refractivity contribution is 5.83. The lowest BCUT2D eigenvalue weighted by Gasteiger charge is -2.25. The number of aliphatic hydroxyl groups is 1. The maximum atomic E-state index is 13.8. The Morgan fingerprint density at radius 2 is 1.69 bits per heavy atom. The number of halogens is 2. The van der Waals surface area contributed by atoms with Gasteiger partial charge in [0.2, 0.25) is 0 Å². The lowest BCUT2D eigenvalue weighted by atomic mass is 9.81. The molecule has 0 saturated heterocycles. The van der Waals surface area contributed by atoms with Crippen molar-refractivity contribution in [2.24, 2.45) is 16.9 Å². The fourth-order valence-electron chi connectivity index (χ4n) is 3.88. The first kappa shape index (κ1) is 29.7. The van der Waals surface area contributed by atoms with E-state index < -0.39 is 29.8 Å². The van der Waals surface area contributed by atoms with E-state index in [9.17, 15) is 23.5 Å². The molecule has 0 aliphatic rings. The molecule has 0 radical (unpaired) electrons. The molecule has 5 N–H and O–H groups in total. The van der Waals surface area contributed by atoms with E-state index in [1.54, 1.807) is 0 Å². The highest BCUT2D eigenvalue weighted by atomic mass is 19.1. The Balaban J connectivity index is 1.69. The van der Waals surface area contributed by atoms with Crippen LogP contribution in [-0.4, -0.2) is 41.5 Å². The molecule has 0 fully saturated rings. The maximum Gasteiger partial charge on any atom is 0.162 e. The highest BCUT2D eigenvalue weighted by Gasteiger charge is 2.27. The van der Waals surface area contributed by atoms with Crippen molar-refractivity contribution in [2.75, 3.05) is 6.61 Å². The zero-order chi connectivity index (χ0) is 26.7. The monoisotopic (exact) mass is 504 g/mol. The summed E-state index contributed by atoms with van der Waals surface area (Å²) in [5.41, 5.74) is 12.7. The quantitative estimate of drug-likeness (QED) is 0.320. The predicted octanol–water partition coefficient (Wildman–Crippen LogP) is 3.85. The van der Waals surface area contributed by atoms with E-state index in [0.29, 0.717) is 19.4 Å². The number of aliphatic hydroxyl groups excluding tert-OH is 1. The van der Waals surface area contributed by atoms with E-state index in [1.165, 1.54) is 0 Å². The van der Waals surface area contributed by atoms with Gasteiger partial charge in [-0.1, -0.05) is 44.2 Å². The van der Waals surface area contributed by atoms with Crippen LogP contribution >= 0.6 is 0 Å². The van der Waals surface area contributed by atoms with Crippen molar-refractivity contribution in [3.05, 3.63) is 71.3 Å². The van der Waals surface area contributed by atoms with Crippen LogP contribution in [0.15, 0.2) is 48.5 Å². The van der Waals surface area contributed by atoms with Gasteiger partial charge in [-0.25, -0.2) is 8.78 Å². The molecule has 2 rings (SSSR count). The largest absolute Gasteiger partial charge is 0.384 e. The standard InChI is InChI=1S/C28H38F2N2O4/c1-28(2,12-10-23(33)16-22(31)15-20-14-21(29)8-9-24(20)30)13-11-26(34)27(35)25(32)18-36-17-19-6-4-3-5-7-19/h3-9,14,22,25,27,35H,10-13,15-18,31-32H2,1-2H3. The van der Waals surface area contributed by atoms with Crippen molar-refractivity contribution in [1.29, 1.82) is 0 Å². The number of nitrogens with two attached hydrogens (primary N) is 2. The Bertz CT molecular complexity index is 985. The Morgan fingerprint density at radius 1 is 1.03 bits per heavy atom. The van der Waals surface area contributed by atoms with Crippen molar-refractivity contribution in [2.45, 2.75) is 77.2 Å². The zero-order valence-corrected chi connectivity index (χ0v) is 21.1. The summed E-state index contributed by atoms with van der Waals surface area (Å²) in [7, 11) is 0. The third-order valence-corrected chi connectivity index (χ3v) is 6.27. The van der Waals surface area contributed by atoms with Gasteiger partial charge in [-0.05, 0) is 54.0 Å². The van der Waals surface area contributed by atoms with Gasteiger partial charge >= 0.3 is 0 Å². The van der Waals surface area contributed by atoms with Gasteiger partial charge in [-0.3, -0.25) is 9.59 Å². The van der Waals surface area contributed by atoms with Crippen LogP contribution in [0.1, 0.15) is 57.1 Å². The lowest BCUT2D eigenvalue weighted by Crippen LogP contribution is -2.44. The number of hydrogen-bond donors (Lipinski definition) is 3. The molecule has 36 heavy (non-hydrogen) atoms. The van der Waals surface area contributed by atoms with Gasteiger partial charge in [0, 0.05) is 25.3 Å². The van der Waals surface area contributed by atoms with E-state index in [-0.39, 0.29) is 54.8 Å². The van der Waals surface area contributed by atoms with Crippen LogP contribution in [0, 0.1) is 17.0 Å². The van der Waals surface area contributed by atoms with Gasteiger partial charge in [0.05, 0.1) is 19.3 Å². The molecule has 0 saturated carbocycles. The molecule has 0 aromatic heterocycles. The van der Waals surface area contributed by atoms with Crippen LogP contribution in [0.5, 0.6) is 0 Å². The molecule has 198 valence electrons. The van der Waals surface area contributed by atoms with Crippen LogP contribution in [0.4, 0.5) is 8.78 Å². The van der Waals surface area contributed by atoms with Gasteiger partial charge in [0.15, 0.2) is 5.78 Å². The van der Waals surface area contributed by atoms with Gasteiger partial charge in [-0.15, -0.1) is 0 Å². The summed E-state index contributed by atoms with van der Waals surface area (Å²) in [6.45, 7) is 4.30. The second-order valence-electron chi connectivity index (χ2n) is 10.2. The average molecular weight is 505 g/mol. The van der Waals surface area contributed by atoms with Gasteiger partial charge < -0.3 is 21.3 Å². The minimum Gasteiger partial charge on any atom is -0.384 e. The topological polar surface area (TPSA) is 116 Å². The summed E-state index contributed by atoms with van der Waals surface area (Å²) in [6.07, 6.45) is 0.210. The smallest absolute Gasteiger partial charge is 0.162 e. The maximum absolute atomic E-state index is 13.8. The first-order valence-corrected chi connectivity index (χ1v) is 12.3. The molecule has 3 unspecified atom stereocenters. The number of carbonyl (C=O) groups excluding carboxylic acids is 2. The fraction of sp³-hybridized carbons (Fsp3) is 0.500. The Hall–Kier alpha value is -2.52. The van der Waals surface area contributed by atoms with Crippen LogP contribution < -0.4 is 11.5 Å². The minimum absolute atomic E-state index is 0.0550. The van der Waals surface area contributed by atoms with Crippen LogP contribution in [0.2, 0.25) is 0 Å². The third kappa shape index (κ3) is 10.6. The molecule has 8 heteroatoms. The first-order valence-electron chi connectivity index (χ1n) is 12.3. The first-order chi connectivity index (χ1) is 17.0. The molecule has 2 aromatic carbocycles. The molecule has 2 aromatic rings. The minimum atomic E-state index is -1.32. The van der Waals surface area contributed by atoms with Crippen LogP contribution in [0.3, 0.4) is 0 Å². The molecule has 0 amide bonds. The second kappa shape index (κ2) is 14.3. The summed E-state index contributed by atoms with van der Waals surface area (Å²) in [5, 5.41) is 10.3. The van der Waals surface area contributed by atoms with Crippen LogP contribution in [-0.2, 0) is 27.4 Å². The predicted molar refractivity (Wildman–Crippen MR) is 135 cm³/mol. The van der Waals surface area contributed by atoms with E-state index >= 15 is 0 Å². The second-order valence-corrected chi connectivity index (χ2v) is 10.2. The fourth-order valence-corrected chi connectivity index (χ4v) is 3.88. The number of hydrogen-bond acceptors (Lipinski definition) is 6. The normalized spacial score (nSPS) is 14.3. The van der Waals surface area contributed by atoms with Crippen molar-refractivity contribution in [1.82, 2.24) is 0 Å². The zero-order valence-electron chi connectivity index (χ0n) is 21.1. The van der Waals surface area contributed by atoms with E-state index in [2.05, 4.69) is 0 Å². The summed E-state index contributed by atoms with van der Waals surface area (Å²) < 4.78 is 32.6. The van der Waals surface area contributed by atoms with Crippen molar-refractivity contribution >= 4 is 11.6 Å². The molecule has 0 heterocycles. The summed E-state index contributed by atoms with van der Waals surface area (Å²) in [6, 6.07) is 11.3. The third-order valence-electron chi connectivity index (χ3n) is 6.27. The van der Waals surface area contributed by atoms with E-state index in [4.69, 9.17) is 16.2 Å². The number of ketones is 2. The van der Waals surface area contributed by atoms with Crippen molar-refractivity contribution in [3.63, 3.8) is 0 Å². The number of rotatable bonds is 16. The molecule has 0 spiro atoms. The SMILES string of the molecule is CC(C)(CCC(=O)CC(N)Cc1cc(F)ccc1F)CCC(=O)C(O)C(N)COCc1ccccc1.